The van der Waals surface area contributed by atoms with Crippen LogP contribution in [0.4, 0.5) is 0 Å². The summed E-state index contributed by atoms with van der Waals surface area (Å²) in [5, 5.41) is 10.9. The Kier molecular flexibility index (Phi) is 4.86. The Balaban J connectivity index is 1.60. The molecule has 3 heterocycles. The summed E-state index contributed by atoms with van der Waals surface area (Å²) in [6.07, 6.45) is 1.05. The molecular weight excluding hydrogens is 362 g/mol. The maximum Gasteiger partial charge on any atom is 0.271 e. The molecule has 4 aromatic rings. The number of aromatic nitrogens is 2. The van der Waals surface area contributed by atoms with Crippen molar-refractivity contribution in [3.63, 3.8) is 0 Å². The lowest BCUT2D eigenvalue weighted by atomic mass is 10.2. The highest BCUT2D eigenvalue weighted by Crippen LogP contribution is 2.30. The molecule has 0 saturated heterocycles. The molecule has 4 rings (SSSR count). The molecule has 0 aliphatic carbocycles. The van der Waals surface area contributed by atoms with Crippen LogP contribution in [-0.4, -0.2) is 15.5 Å². The number of fused-ring (bicyclic) bond motifs is 1. The van der Waals surface area contributed by atoms with Gasteiger partial charge in [-0.15, -0.1) is 11.3 Å². The molecule has 0 atom stereocenters. The van der Waals surface area contributed by atoms with Crippen LogP contribution in [0.5, 0.6) is 0 Å². The largest absolute Gasteiger partial charge is 0.347 e. The Morgan fingerprint density at radius 3 is 2.92 bits per heavy atom. The monoisotopic (exact) mass is 381 g/mol. The SMILES string of the molecule is CCCn1c(-c2nc(C(=O)NCc3ccsc3)cs2)cc2ccccc21. The predicted octanol–water partition coefficient (Wildman–Crippen LogP) is 5.17. The molecule has 0 aliphatic rings. The summed E-state index contributed by atoms with van der Waals surface area (Å²) in [6.45, 7) is 3.64. The van der Waals surface area contributed by atoms with E-state index in [0.29, 0.717) is 12.2 Å². The van der Waals surface area contributed by atoms with E-state index in [0.717, 1.165) is 29.2 Å². The molecule has 1 aromatic carbocycles. The summed E-state index contributed by atoms with van der Waals surface area (Å²) < 4.78 is 2.29. The second kappa shape index (κ2) is 7.43. The van der Waals surface area contributed by atoms with E-state index >= 15 is 0 Å². The van der Waals surface area contributed by atoms with Gasteiger partial charge in [0.1, 0.15) is 10.7 Å². The average molecular weight is 382 g/mol. The van der Waals surface area contributed by atoms with Gasteiger partial charge in [-0.1, -0.05) is 25.1 Å². The fourth-order valence-electron chi connectivity index (χ4n) is 3.01. The normalized spacial score (nSPS) is 11.1. The third-order valence-electron chi connectivity index (χ3n) is 4.25. The van der Waals surface area contributed by atoms with Crippen LogP contribution in [0, 0.1) is 0 Å². The number of benzene rings is 1. The Morgan fingerprint density at radius 2 is 2.12 bits per heavy atom. The number of thiazole rings is 1. The lowest BCUT2D eigenvalue weighted by Gasteiger charge is -2.07. The van der Waals surface area contributed by atoms with Crippen LogP contribution >= 0.6 is 22.7 Å². The highest BCUT2D eigenvalue weighted by atomic mass is 32.1. The van der Waals surface area contributed by atoms with Crippen molar-refractivity contribution in [1.82, 2.24) is 14.9 Å². The molecule has 0 radical (unpaired) electrons. The van der Waals surface area contributed by atoms with Gasteiger partial charge in [0.15, 0.2) is 0 Å². The quantitative estimate of drug-likeness (QED) is 0.501. The van der Waals surface area contributed by atoms with Gasteiger partial charge in [-0.25, -0.2) is 4.98 Å². The molecule has 1 amide bonds. The molecule has 0 unspecified atom stereocenters. The van der Waals surface area contributed by atoms with Crippen LogP contribution in [0.1, 0.15) is 29.4 Å². The van der Waals surface area contributed by atoms with Crippen molar-refractivity contribution in [2.75, 3.05) is 0 Å². The molecule has 0 fully saturated rings. The van der Waals surface area contributed by atoms with Crippen molar-refractivity contribution in [1.29, 1.82) is 0 Å². The van der Waals surface area contributed by atoms with E-state index in [9.17, 15) is 4.79 Å². The number of carbonyl (C=O) groups is 1. The second-order valence-corrected chi connectivity index (χ2v) is 7.73. The highest BCUT2D eigenvalue weighted by molar-refractivity contribution is 7.13. The number of carbonyl (C=O) groups excluding carboxylic acids is 1. The lowest BCUT2D eigenvalue weighted by Crippen LogP contribution is -2.22. The van der Waals surface area contributed by atoms with Gasteiger partial charge in [-0.3, -0.25) is 4.79 Å². The molecule has 3 aromatic heterocycles. The van der Waals surface area contributed by atoms with Gasteiger partial charge in [-0.2, -0.15) is 11.3 Å². The van der Waals surface area contributed by atoms with Crippen molar-refractivity contribution < 1.29 is 4.79 Å². The van der Waals surface area contributed by atoms with Crippen LogP contribution < -0.4 is 5.32 Å². The fraction of sp³-hybridized carbons (Fsp3) is 0.200. The standard InChI is InChI=1S/C20H19N3OS2/c1-2-8-23-17-6-4-3-5-15(17)10-18(23)20-22-16(13-26-20)19(24)21-11-14-7-9-25-12-14/h3-7,9-10,12-13H,2,8,11H2,1H3,(H,21,24). The van der Waals surface area contributed by atoms with Crippen LogP contribution in [-0.2, 0) is 13.1 Å². The van der Waals surface area contributed by atoms with E-state index in [4.69, 9.17) is 0 Å². The smallest absolute Gasteiger partial charge is 0.271 e. The van der Waals surface area contributed by atoms with E-state index in [1.165, 1.54) is 22.2 Å². The summed E-state index contributed by atoms with van der Waals surface area (Å²) in [5.74, 6) is -0.128. The molecular formula is C20H19N3OS2. The first kappa shape index (κ1) is 17.0. The Bertz CT molecular complexity index is 1030. The Labute approximate surface area is 160 Å². The van der Waals surface area contributed by atoms with Crippen molar-refractivity contribution in [2.45, 2.75) is 26.4 Å². The lowest BCUT2D eigenvalue weighted by molar-refractivity contribution is 0.0946. The van der Waals surface area contributed by atoms with Gasteiger partial charge >= 0.3 is 0 Å². The minimum absolute atomic E-state index is 0.128. The fourth-order valence-corrected chi connectivity index (χ4v) is 4.51. The molecule has 0 bridgehead atoms. The molecule has 0 saturated carbocycles. The van der Waals surface area contributed by atoms with Crippen molar-refractivity contribution in [3.8, 4) is 10.7 Å². The van der Waals surface area contributed by atoms with Gasteiger partial charge in [-0.05, 0) is 40.9 Å². The first-order chi connectivity index (χ1) is 12.8. The summed E-state index contributed by atoms with van der Waals surface area (Å²) in [6, 6.07) is 12.5. The van der Waals surface area contributed by atoms with Crippen molar-refractivity contribution >= 4 is 39.5 Å². The molecule has 4 nitrogen and oxygen atoms in total. The molecule has 6 heteroatoms. The molecule has 132 valence electrons. The number of aryl methyl sites for hydroxylation is 1. The average Bonchev–Trinajstić information content (AvgIpc) is 3.40. The van der Waals surface area contributed by atoms with E-state index in [-0.39, 0.29) is 5.91 Å². The first-order valence-corrected chi connectivity index (χ1v) is 10.4. The van der Waals surface area contributed by atoms with Gasteiger partial charge in [0.2, 0.25) is 0 Å². The number of hydrogen-bond acceptors (Lipinski definition) is 4. The van der Waals surface area contributed by atoms with Crippen molar-refractivity contribution in [2.24, 2.45) is 0 Å². The first-order valence-electron chi connectivity index (χ1n) is 8.59. The number of nitrogens with zero attached hydrogens (tertiary/aromatic N) is 2. The van der Waals surface area contributed by atoms with E-state index in [2.05, 4.69) is 46.1 Å². The zero-order valence-corrected chi connectivity index (χ0v) is 16.1. The topological polar surface area (TPSA) is 46.9 Å². The molecule has 0 spiro atoms. The minimum atomic E-state index is -0.128. The van der Waals surface area contributed by atoms with Crippen LogP contribution in [0.25, 0.3) is 21.6 Å². The second-order valence-electron chi connectivity index (χ2n) is 6.09. The number of amides is 1. The summed E-state index contributed by atoms with van der Waals surface area (Å²) in [7, 11) is 0. The number of hydrogen-bond donors (Lipinski definition) is 1. The van der Waals surface area contributed by atoms with E-state index in [1.54, 1.807) is 11.3 Å². The summed E-state index contributed by atoms with van der Waals surface area (Å²) in [5.41, 5.74) is 3.88. The maximum absolute atomic E-state index is 12.4. The zero-order valence-electron chi connectivity index (χ0n) is 14.4. The number of rotatable bonds is 6. The summed E-state index contributed by atoms with van der Waals surface area (Å²) >= 11 is 3.15. The molecule has 26 heavy (non-hydrogen) atoms. The van der Waals surface area contributed by atoms with Crippen LogP contribution in [0.3, 0.4) is 0 Å². The van der Waals surface area contributed by atoms with Gasteiger partial charge in [0.25, 0.3) is 5.91 Å². The Hall–Kier alpha value is -2.44. The zero-order chi connectivity index (χ0) is 17.9. The third-order valence-corrected chi connectivity index (χ3v) is 5.84. The number of para-hydroxylation sites is 1. The molecule has 0 aliphatic heterocycles. The van der Waals surface area contributed by atoms with E-state index in [1.807, 2.05) is 28.3 Å². The van der Waals surface area contributed by atoms with Gasteiger partial charge < -0.3 is 9.88 Å². The van der Waals surface area contributed by atoms with E-state index < -0.39 is 0 Å². The maximum atomic E-state index is 12.4. The molecule has 1 N–H and O–H groups in total. The predicted molar refractivity (Wildman–Crippen MR) is 109 cm³/mol. The van der Waals surface area contributed by atoms with Crippen molar-refractivity contribution in [3.05, 3.63) is 63.8 Å². The highest BCUT2D eigenvalue weighted by Gasteiger charge is 2.16. The minimum Gasteiger partial charge on any atom is -0.347 e. The van der Waals surface area contributed by atoms with Gasteiger partial charge in [0, 0.05) is 29.4 Å². The van der Waals surface area contributed by atoms with Crippen LogP contribution in [0.2, 0.25) is 0 Å². The number of nitrogens with one attached hydrogen (secondary N) is 1. The Morgan fingerprint density at radius 1 is 1.23 bits per heavy atom. The van der Waals surface area contributed by atoms with Gasteiger partial charge in [0.05, 0.1) is 5.69 Å². The van der Waals surface area contributed by atoms with Crippen LogP contribution in [0.15, 0.2) is 52.5 Å². The third kappa shape index (κ3) is 3.30. The summed E-state index contributed by atoms with van der Waals surface area (Å²) in [4.78, 5) is 17.0. The number of thiophene rings is 1.